The van der Waals surface area contributed by atoms with Crippen molar-refractivity contribution in [3.8, 4) is 0 Å². The summed E-state index contributed by atoms with van der Waals surface area (Å²) in [6, 6.07) is 12.7. The zero-order valence-corrected chi connectivity index (χ0v) is 26.1. The highest BCUT2D eigenvalue weighted by Gasteiger charge is 2.67. The van der Waals surface area contributed by atoms with E-state index in [1.807, 2.05) is 6.92 Å². The number of morpholine rings is 2. The van der Waals surface area contributed by atoms with Gasteiger partial charge in [0.25, 0.3) is 17.6 Å². The fourth-order valence-electron chi connectivity index (χ4n) is 6.66. The second-order valence-electron chi connectivity index (χ2n) is 11.5. The number of carbonyl (C=O) groups excluding carboxylic acids is 3. The smallest absolute Gasteiger partial charge is 0.296 e. The molecular formula is C32H38N4O8S. The lowest BCUT2D eigenvalue weighted by Crippen LogP contribution is -2.54. The molecule has 12 nitrogen and oxygen atoms in total. The molecule has 4 aliphatic rings. The van der Waals surface area contributed by atoms with Crippen molar-refractivity contribution in [2.75, 3.05) is 77.1 Å². The summed E-state index contributed by atoms with van der Waals surface area (Å²) in [5, 5.41) is 11.9. The number of unbranched alkanes of at least 4 members (excludes halogenated alkanes) is 1. The fourth-order valence-corrected chi connectivity index (χ4v) is 8.11. The number of ketones is 1. The molecule has 2 amide bonds. The van der Waals surface area contributed by atoms with Gasteiger partial charge in [0.1, 0.15) is 5.76 Å². The van der Waals surface area contributed by atoms with Gasteiger partial charge in [-0.1, -0.05) is 43.7 Å². The Bertz CT molecular complexity index is 1630. The highest BCUT2D eigenvalue weighted by atomic mass is 32.2. The molecule has 45 heavy (non-hydrogen) atoms. The zero-order valence-electron chi connectivity index (χ0n) is 25.3. The Morgan fingerprint density at radius 3 is 2.29 bits per heavy atom. The third kappa shape index (κ3) is 5.26. The summed E-state index contributed by atoms with van der Waals surface area (Å²) in [7, 11) is -3.94. The van der Waals surface area contributed by atoms with Crippen molar-refractivity contribution in [2.24, 2.45) is 0 Å². The van der Waals surface area contributed by atoms with E-state index in [0.717, 1.165) is 6.42 Å². The number of para-hydroxylation sites is 1. The lowest BCUT2D eigenvalue weighted by atomic mass is 9.82. The number of sulfonamides is 1. The summed E-state index contributed by atoms with van der Waals surface area (Å²) in [4.78, 5) is 47.5. The first-order chi connectivity index (χ1) is 21.7. The van der Waals surface area contributed by atoms with Crippen molar-refractivity contribution >= 4 is 39.1 Å². The summed E-state index contributed by atoms with van der Waals surface area (Å²) < 4.78 is 39.0. The minimum absolute atomic E-state index is 0.0205. The number of fused-ring (bicyclic) bond motifs is 2. The van der Waals surface area contributed by atoms with Gasteiger partial charge in [-0.2, -0.15) is 4.31 Å². The van der Waals surface area contributed by atoms with Crippen LogP contribution in [0, 0.1) is 0 Å². The van der Waals surface area contributed by atoms with Crippen LogP contribution >= 0.6 is 0 Å². The largest absolute Gasteiger partial charge is 0.507 e. The van der Waals surface area contributed by atoms with Crippen molar-refractivity contribution in [3.63, 3.8) is 0 Å². The molecule has 6 rings (SSSR count). The molecule has 3 fully saturated rings. The fraction of sp³-hybridized carbons (Fsp3) is 0.469. The Hall–Kier alpha value is -3.62. The predicted octanol–water partition coefficient (Wildman–Crippen LogP) is 1.76. The van der Waals surface area contributed by atoms with E-state index in [4.69, 9.17) is 9.47 Å². The molecule has 2 aromatic carbocycles. The van der Waals surface area contributed by atoms with Crippen LogP contribution in [0.3, 0.4) is 0 Å². The number of benzene rings is 2. The molecule has 4 heterocycles. The van der Waals surface area contributed by atoms with Gasteiger partial charge in [-0.25, -0.2) is 8.42 Å². The quantitative estimate of drug-likeness (QED) is 0.248. The van der Waals surface area contributed by atoms with Gasteiger partial charge in [0.15, 0.2) is 5.54 Å². The minimum Gasteiger partial charge on any atom is -0.507 e. The third-order valence-electron chi connectivity index (χ3n) is 9.00. The van der Waals surface area contributed by atoms with Crippen LogP contribution in [0.25, 0.3) is 5.76 Å². The van der Waals surface area contributed by atoms with Crippen molar-refractivity contribution < 1.29 is 37.4 Å². The van der Waals surface area contributed by atoms with Crippen molar-refractivity contribution in [1.82, 2.24) is 14.1 Å². The maximum absolute atomic E-state index is 14.7. The van der Waals surface area contributed by atoms with Gasteiger partial charge in [0, 0.05) is 56.9 Å². The summed E-state index contributed by atoms with van der Waals surface area (Å²) in [5.74, 6) is -2.96. The van der Waals surface area contributed by atoms with Gasteiger partial charge in [0.2, 0.25) is 10.0 Å². The molecular weight excluding hydrogens is 600 g/mol. The molecule has 1 unspecified atom stereocenters. The molecule has 2 aromatic rings. The van der Waals surface area contributed by atoms with Crippen LogP contribution in [0.15, 0.2) is 59.0 Å². The second kappa shape index (κ2) is 12.6. The molecule has 1 spiro atoms. The summed E-state index contributed by atoms with van der Waals surface area (Å²) in [6.07, 6.45) is 1.51. The number of Topliss-reactive ketones (excluding diaryl/α,β-unsaturated/α-hetero) is 1. The lowest BCUT2D eigenvalue weighted by molar-refractivity contribution is -0.144. The second-order valence-corrected chi connectivity index (χ2v) is 13.5. The summed E-state index contributed by atoms with van der Waals surface area (Å²) >= 11 is 0. The third-order valence-corrected chi connectivity index (χ3v) is 10.9. The Kier molecular flexibility index (Phi) is 8.81. The highest BCUT2D eigenvalue weighted by Crippen LogP contribution is 2.53. The molecule has 1 N–H and O–H groups in total. The Balaban J connectivity index is 1.50. The SMILES string of the molecule is CCCCN1C(=O)C2(/C(=C(/O)c3cccc(S(=O)(=O)N4CCOCC4)c3)C(=O)C(=O)N2CCN2CCOCC2)c2ccccc21. The van der Waals surface area contributed by atoms with E-state index in [0.29, 0.717) is 57.1 Å². The van der Waals surface area contributed by atoms with Crippen molar-refractivity contribution in [3.05, 3.63) is 65.2 Å². The monoisotopic (exact) mass is 638 g/mol. The Morgan fingerprint density at radius 1 is 0.889 bits per heavy atom. The molecule has 4 aliphatic heterocycles. The van der Waals surface area contributed by atoms with E-state index in [1.165, 1.54) is 33.5 Å². The number of anilines is 1. The predicted molar refractivity (Wildman–Crippen MR) is 165 cm³/mol. The summed E-state index contributed by atoms with van der Waals surface area (Å²) in [5.41, 5.74) is -1.23. The van der Waals surface area contributed by atoms with Gasteiger partial charge in [-0.05, 0) is 24.6 Å². The van der Waals surface area contributed by atoms with Crippen molar-refractivity contribution in [1.29, 1.82) is 0 Å². The molecule has 0 saturated carbocycles. The first kappa shape index (κ1) is 31.4. The lowest BCUT2D eigenvalue weighted by Gasteiger charge is -2.36. The van der Waals surface area contributed by atoms with Gasteiger partial charge in [-0.3, -0.25) is 19.3 Å². The van der Waals surface area contributed by atoms with Crippen LogP contribution in [-0.4, -0.2) is 117 Å². The number of ether oxygens (including phenoxy) is 2. The maximum atomic E-state index is 14.7. The Morgan fingerprint density at radius 2 is 1.58 bits per heavy atom. The first-order valence-corrected chi connectivity index (χ1v) is 16.9. The van der Waals surface area contributed by atoms with E-state index in [-0.39, 0.29) is 48.9 Å². The van der Waals surface area contributed by atoms with Crippen LogP contribution < -0.4 is 4.90 Å². The summed E-state index contributed by atoms with van der Waals surface area (Å²) in [6.45, 7) is 6.13. The molecule has 240 valence electrons. The zero-order chi connectivity index (χ0) is 31.8. The van der Waals surface area contributed by atoms with E-state index in [1.54, 1.807) is 29.2 Å². The normalized spacial score (nSPS) is 24.2. The number of hydrogen-bond donors (Lipinski definition) is 1. The number of hydrogen-bond acceptors (Lipinski definition) is 9. The number of aliphatic hydroxyl groups is 1. The van der Waals surface area contributed by atoms with E-state index >= 15 is 0 Å². The topological polar surface area (TPSA) is 137 Å². The van der Waals surface area contributed by atoms with E-state index in [9.17, 15) is 27.9 Å². The number of nitrogens with zero attached hydrogens (tertiary/aromatic N) is 4. The Labute approximate surface area is 262 Å². The number of carbonyl (C=O) groups is 3. The van der Waals surface area contributed by atoms with Gasteiger partial charge in [-0.15, -0.1) is 0 Å². The van der Waals surface area contributed by atoms with Gasteiger partial charge >= 0.3 is 0 Å². The first-order valence-electron chi connectivity index (χ1n) is 15.4. The van der Waals surface area contributed by atoms with Crippen LogP contribution in [0.4, 0.5) is 5.69 Å². The number of rotatable bonds is 9. The average Bonchev–Trinajstić information content (AvgIpc) is 3.45. The van der Waals surface area contributed by atoms with Crippen LogP contribution in [-0.2, 0) is 39.4 Å². The molecule has 1 atom stereocenters. The van der Waals surface area contributed by atoms with Gasteiger partial charge < -0.3 is 24.4 Å². The molecule has 3 saturated heterocycles. The number of likely N-dealkylation sites (tertiary alicyclic amines) is 1. The van der Waals surface area contributed by atoms with Crippen molar-refractivity contribution in [2.45, 2.75) is 30.2 Å². The standard InChI is InChI=1S/C32H38N4O8S/c1-2-3-11-35-26-10-5-4-9-25(26)32(31(35)40)27(29(38)30(39)36(32)13-12-33-14-18-43-19-15-33)28(37)23-7-6-8-24(22-23)45(41,42)34-16-20-44-21-17-34/h4-10,22,37H,2-3,11-21H2,1H3/b28-27+. The van der Waals surface area contributed by atoms with Crippen LogP contribution in [0.1, 0.15) is 30.9 Å². The van der Waals surface area contributed by atoms with Gasteiger partial charge in [0.05, 0.1) is 42.6 Å². The molecule has 0 radical (unpaired) electrons. The molecule has 0 bridgehead atoms. The number of aliphatic hydroxyl groups excluding tert-OH is 1. The van der Waals surface area contributed by atoms with Crippen LogP contribution in [0.2, 0.25) is 0 Å². The van der Waals surface area contributed by atoms with E-state index < -0.39 is 38.9 Å². The highest BCUT2D eigenvalue weighted by molar-refractivity contribution is 7.89. The molecule has 0 aromatic heterocycles. The van der Waals surface area contributed by atoms with Crippen LogP contribution in [0.5, 0.6) is 0 Å². The average molecular weight is 639 g/mol. The number of amides is 2. The minimum atomic E-state index is -3.94. The van der Waals surface area contributed by atoms with E-state index in [2.05, 4.69) is 4.90 Å². The maximum Gasteiger partial charge on any atom is 0.296 e. The molecule has 0 aliphatic carbocycles. The molecule has 13 heteroatoms.